The summed E-state index contributed by atoms with van der Waals surface area (Å²) in [5.74, 6) is -1.36. The van der Waals surface area contributed by atoms with E-state index in [1.165, 1.54) is 11.8 Å². The zero-order valence-electron chi connectivity index (χ0n) is 12.8. The Morgan fingerprint density at radius 1 is 0.909 bits per heavy atom. The molecule has 0 atom stereocenters. The number of rotatable bonds is 3. The minimum Gasteiger partial charge on any atom is -0.318 e. The van der Waals surface area contributed by atoms with E-state index in [0.29, 0.717) is 11.4 Å². The van der Waals surface area contributed by atoms with Crippen molar-refractivity contribution in [1.29, 1.82) is 0 Å². The Balaban J connectivity index is 2.06. The van der Waals surface area contributed by atoms with E-state index in [1.54, 1.807) is 12.1 Å². The average molecular weight is 314 g/mol. The van der Waals surface area contributed by atoms with Gasteiger partial charge < -0.3 is 10.6 Å². The molecule has 4 nitrogen and oxygen atoms in total. The maximum atomic E-state index is 12.0. The van der Waals surface area contributed by atoms with Crippen molar-refractivity contribution in [3.05, 3.63) is 53.6 Å². The third-order valence-corrected chi connectivity index (χ3v) is 4.12. The Bertz CT molecular complexity index is 714. The van der Waals surface area contributed by atoms with E-state index in [1.807, 2.05) is 50.4 Å². The quantitative estimate of drug-likeness (QED) is 0.672. The zero-order valence-corrected chi connectivity index (χ0v) is 13.6. The predicted molar refractivity (Wildman–Crippen MR) is 91.4 cm³/mol. The second-order valence-electron chi connectivity index (χ2n) is 4.91. The van der Waals surface area contributed by atoms with E-state index in [2.05, 4.69) is 10.6 Å². The molecule has 0 radical (unpaired) electrons. The van der Waals surface area contributed by atoms with Crippen molar-refractivity contribution in [2.75, 3.05) is 16.9 Å². The van der Waals surface area contributed by atoms with Gasteiger partial charge in [-0.05, 0) is 55.5 Å². The van der Waals surface area contributed by atoms with Gasteiger partial charge in [0, 0.05) is 10.6 Å². The molecule has 2 N–H and O–H groups in total. The lowest BCUT2D eigenvalue weighted by molar-refractivity contribution is -0.133. The molecule has 0 spiro atoms. The van der Waals surface area contributed by atoms with Crippen LogP contribution < -0.4 is 10.6 Å². The molecule has 0 unspecified atom stereocenters. The molecule has 0 aliphatic carbocycles. The molecule has 2 rings (SSSR count). The van der Waals surface area contributed by atoms with Gasteiger partial charge in [-0.2, -0.15) is 0 Å². The van der Waals surface area contributed by atoms with Gasteiger partial charge in [0.05, 0.1) is 5.69 Å². The molecule has 0 aliphatic rings. The summed E-state index contributed by atoms with van der Waals surface area (Å²) in [6.45, 7) is 3.95. The Morgan fingerprint density at radius 2 is 1.59 bits per heavy atom. The third kappa shape index (κ3) is 3.89. The van der Waals surface area contributed by atoms with Crippen LogP contribution in [-0.4, -0.2) is 18.1 Å². The van der Waals surface area contributed by atoms with E-state index in [0.717, 1.165) is 16.0 Å². The molecule has 0 aromatic heterocycles. The lowest BCUT2D eigenvalue weighted by atomic mass is 10.1. The van der Waals surface area contributed by atoms with Crippen LogP contribution >= 0.6 is 11.8 Å². The lowest BCUT2D eigenvalue weighted by Crippen LogP contribution is -2.29. The fourth-order valence-electron chi connectivity index (χ4n) is 1.93. The van der Waals surface area contributed by atoms with Gasteiger partial charge in [0.1, 0.15) is 0 Å². The van der Waals surface area contributed by atoms with Crippen molar-refractivity contribution in [1.82, 2.24) is 0 Å². The van der Waals surface area contributed by atoms with Crippen molar-refractivity contribution in [2.24, 2.45) is 0 Å². The second kappa shape index (κ2) is 7.13. The van der Waals surface area contributed by atoms with Gasteiger partial charge in [0.25, 0.3) is 0 Å². The fourth-order valence-corrected chi connectivity index (χ4v) is 2.49. The number of aryl methyl sites for hydroxylation is 2. The summed E-state index contributed by atoms with van der Waals surface area (Å²) in [6.07, 6.45) is 1.92. The third-order valence-electron chi connectivity index (χ3n) is 3.33. The molecular weight excluding hydrogens is 296 g/mol. The number of para-hydroxylation sites is 1. The van der Waals surface area contributed by atoms with E-state index >= 15 is 0 Å². The highest BCUT2D eigenvalue weighted by atomic mass is 32.2. The van der Waals surface area contributed by atoms with Crippen molar-refractivity contribution in [3.63, 3.8) is 0 Å². The van der Waals surface area contributed by atoms with Gasteiger partial charge in [0.15, 0.2) is 0 Å². The molecule has 2 amide bonds. The lowest BCUT2D eigenvalue weighted by Gasteiger charge is -2.10. The molecule has 114 valence electrons. The molecular formula is C17H18N2O2S. The molecule has 0 saturated heterocycles. The summed E-state index contributed by atoms with van der Waals surface area (Å²) >= 11 is 1.51. The zero-order chi connectivity index (χ0) is 16.1. The number of carbonyl (C=O) groups excluding carboxylic acids is 2. The Kier molecular flexibility index (Phi) is 5.22. The highest BCUT2D eigenvalue weighted by Gasteiger charge is 2.15. The average Bonchev–Trinajstić information content (AvgIpc) is 2.51. The number of hydrogen-bond donors (Lipinski definition) is 2. The highest BCUT2D eigenvalue weighted by molar-refractivity contribution is 7.98. The van der Waals surface area contributed by atoms with Crippen LogP contribution in [0.3, 0.4) is 0 Å². The largest absolute Gasteiger partial charge is 0.318 e. The van der Waals surface area contributed by atoms with Crippen LogP contribution in [0.25, 0.3) is 0 Å². The van der Waals surface area contributed by atoms with E-state index < -0.39 is 11.8 Å². The summed E-state index contributed by atoms with van der Waals surface area (Å²) in [6, 6.07) is 12.9. The maximum absolute atomic E-state index is 12.0. The number of carbonyl (C=O) groups is 2. The number of benzene rings is 2. The van der Waals surface area contributed by atoms with Gasteiger partial charge in [-0.25, -0.2) is 0 Å². The van der Waals surface area contributed by atoms with Crippen LogP contribution in [0.4, 0.5) is 11.4 Å². The van der Waals surface area contributed by atoms with Gasteiger partial charge in [-0.1, -0.05) is 18.2 Å². The normalized spacial score (nSPS) is 10.1. The Labute approximate surface area is 134 Å². The van der Waals surface area contributed by atoms with Crippen molar-refractivity contribution in [3.8, 4) is 0 Å². The monoisotopic (exact) mass is 314 g/mol. The molecule has 0 saturated carbocycles. The van der Waals surface area contributed by atoms with Crippen LogP contribution in [-0.2, 0) is 9.59 Å². The molecule has 2 aromatic carbocycles. The molecule has 22 heavy (non-hydrogen) atoms. The molecule has 0 fully saturated rings. The fraction of sp³-hybridized carbons (Fsp3) is 0.176. The number of nitrogens with one attached hydrogen (secondary N) is 2. The first kappa shape index (κ1) is 16.1. The number of hydrogen-bond acceptors (Lipinski definition) is 3. The van der Waals surface area contributed by atoms with E-state index in [9.17, 15) is 9.59 Å². The van der Waals surface area contributed by atoms with E-state index in [-0.39, 0.29) is 0 Å². The minimum atomic E-state index is -0.681. The first-order valence-electron chi connectivity index (χ1n) is 6.84. The Hall–Kier alpha value is -2.27. The number of thioether (sulfide) groups is 1. The summed E-state index contributed by atoms with van der Waals surface area (Å²) in [5, 5.41) is 5.25. The van der Waals surface area contributed by atoms with Gasteiger partial charge in [-0.3, -0.25) is 9.59 Å². The van der Waals surface area contributed by atoms with Crippen LogP contribution in [0.5, 0.6) is 0 Å². The van der Waals surface area contributed by atoms with Crippen molar-refractivity contribution >= 4 is 35.0 Å². The van der Waals surface area contributed by atoms with Crippen molar-refractivity contribution in [2.45, 2.75) is 18.7 Å². The van der Waals surface area contributed by atoms with Gasteiger partial charge in [0.2, 0.25) is 0 Å². The van der Waals surface area contributed by atoms with Crippen LogP contribution in [0.1, 0.15) is 11.1 Å². The first-order valence-corrected chi connectivity index (χ1v) is 8.06. The van der Waals surface area contributed by atoms with Crippen LogP contribution in [0.2, 0.25) is 0 Å². The predicted octanol–water partition coefficient (Wildman–Crippen LogP) is 3.60. The summed E-state index contributed by atoms with van der Waals surface area (Å²) < 4.78 is 0. The standard InChI is InChI=1S/C17H18N2O2S/c1-11-8-9-13(10-12(11)2)18-16(20)17(21)19-14-6-4-5-7-15(14)22-3/h4-10H,1-3H3,(H,18,20)(H,19,21). The molecule has 5 heteroatoms. The second-order valence-corrected chi connectivity index (χ2v) is 5.76. The number of amides is 2. The topological polar surface area (TPSA) is 58.2 Å². The molecule has 0 heterocycles. The molecule has 0 aliphatic heterocycles. The molecule has 2 aromatic rings. The van der Waals surface area contributed by atoms with Gasteiger partial charge >= 0.3 is 11.8 Å². The van der Waals surface area contributed by atoms with E-state index in [4.69, 9.17) is 0 Å². The minimum absolute atomic E-state index is 0.612. The van der Waals surface area contributed by atoms with Crippen molar-refractivity contribution < 1.29 is 9.59 Å². The number of anilines is 2. The van der Waals surface area contributed by atoms with Crippen LogP contribution in [0, 0.1) is 13.8 Å². The SMILES string of the molecule is CSc1ccccc1NC(=O)C(=O)Nc1ccc(C)c(C)c1. The smallest absolute Gasteiger partial charge is 0.314 e. The summed E-state index contributed by atoms with van der Waals surface area (Å²) in [5.41, 5.74) is 3.44. The molecule has 0 bridgehead atoms. The van der Waals surface area contributed by atoms with Gasteiger partial charge in [-0.15, -0.1) is 11.8 Å². The summed E-state index contributed by atoms with van der Waals surface area (Å²) in [4.78, 5) is 24.9. The maximum Gasteiger partial charge on any atom is 0.314 e. The highest BCUT2D eigenvalue weighted by Crippen LogP contribution is 2.24. The Morgan fingerprint density at radius 3 is 2.27 bits per heavy atom. The summed E-state index contributed by atoms with van der Waals surface area (Å²) in [7, 11) is 0. The van der Waals surface area contributed by atoms with Crippen LogP contribution in [0.15, 0.2) is 47.4 Å². The first-order chi connectivity index (χ1) is 10.5.